The molecule has 4 aliphatic carbocycles. The Morgan fingerprint density at radius 3 is 2.39 bits per heavy atom. The topological polar surface area (TPSA) is 18.5 Å². The molecule has 4 heteroatoms. The van der Waals surface area contributed by atoms with Gasteiger partial charge in [-0.05, 0) is 110 Å². The van der Waals surface area contributed by atoms with Gasteiger partial charge < -0.3 is 8.92 Å². The zero-order chi connectivity index (χ0) is 23.6. The Bertz CT molecular complexity index is 629. The van der Waals surface area contributed by atoms with Crippen molar-refractivity contribution in [3.05, 3.63) is 0 Å². The summed E-state index contributed by atoms with van der Waals surface area (Å²) in [7, 11) is 1.42. The molecule has 4 saturated carbocycles. The van der Waals surface area contributed by atoms with Gasteiger partial charge >= 0.3 is 0 Å². The zero-order valence-corrected chi connectivity index (χ0v) is 25.1. The Hall–Kier alpha value is 1.00. The van der Waals surface area contributed by atoms with Gasteiger partial charge in [0.1, 0.15) is 0 Å². The lowest BCUT2D eigenvalue weighted by Crippen LogP contribution is -2.54. The molecule has 0 bridgehead atoms. The van der Waals surface area contributed by atoms with E-state index in [0.29, 0.717) is 23.5 Å². The van der Waals surface area contributed by atoms with Crippen molar-refractivity contribution >= 4 is 30.4 Å². The molecule has 0 unspecified atom stereocenters. The normalized spacial score (nSPS) is 43.7. The second-order valence-electron chi connectivity index (χ2n) is 13.3. The number of hydrogen-bond donors (Lipinski definition) is 0. The first kappa shape index (κ1) is 27.0. The first-order chi connectivity index (χ1) is 15.8. The van der Waals surface area contributed by atoms with E-state index < -0.39 is 0 Å². The van der Waals surface area contributed by atoms with E-state index >= 15 is 0 Å². The summed E-state index contributed by atoms with van der Waals surface area (Å²) in [5.74, 6) is 6.63. The fraction of sp³-hybridized carbons (Fsp3) is 1.00. The molecule has 4 rings (SSSR count). The lowest BCUT2D eigenvalue weighted by atomic mass is 9.44. The van der Waals surface area contributed by atoms with Crippen LogP contribution in [0, 0.1) is 52.3 Å². The third-order valence-corrected chi connectivity index (χ3v) is 12.4. The highest BCUT2D eigenvalue weighted by atomic mass is 127. The van der Waals surface area contributed by atoms with Crippen molar-refractivity contribution in [2.75, 3.05) is 13.2 Å². The van der Waals surface area contributed by atoms with E-state index in [2.05, 4.69) is 55.8 Å². The molecule has 0 N–H and O–H groups in total. The number of hydrogen-bond acceptors (Lipinski definition) is 3. The molecule has 33 heavy (non-hydrogen) atoms. The van der Waals surface area contributed by atoms with Crippen molar-refractivity contribution in [3.63, 3.8) is 0 Å². The van der Waals surface area contributed by atoms with Gasteiger partial charge in [-0.2, -0.15) is 0 Å². The van der Waals surface area contributed by atoms with Crippen LogP contribution in [-0.2, 0) is 8.92 Å². The average Bonchev–Trinajstić information content (AvgIpc) is 3.14. The first-order valence-electron chi connectivity index (χ1n) is 14.3. The van der Waals surface area contributed by atoms with Crippen molar-refractivity contribution in [1.82, 2.24) is 0 Å². The molecule has 0 aromatic rings. The first-order valence-corrected chi connectivity index (χ1v) is 17.6. The van der Waals surface area contributed by atoms with E-state index in [-0.39, 0.29) is 0 Å². The molecule has 2 nitrogen and oxygen atoms in total. The molecule has 0 saturated heterocycles. The van der Waals surface area contributed by atoms with Gasteiger partial charge in [-0.25, -0.2) is 0 Å². The van der Waals surface area contributed by atoms with Gasteiger partial charge in [0, 0.05) is 21.2 Å². The summed E-state index contributed by atoms with van der Waals surface area (Å²) < 4.78 is 11.7. The van der Waals surface area contributed by atoms with E-state index in [4.69, 9.17) is 8.92 Å². The van der Waals surface area contributed by atoms with Gasteiger partial charge in [-0.15, -0.1) is 0 Å². The van der Waals surface area contributed by atoms with E-state index in [1.54, 1.807) is 0 Å². The molecule has 0 aliphatic heterocycles. The van der Waals surface area contributed by atoms with Crippen molar-refractivity contribution < 1.29 is 8.92 Å². The van der Waals surface area contributed by atoms with Crippen LogP contribution in [0.2, 0.25) is 0 Å². The lowest BCUT2D eigenvalue weighted by molar-refractivity contribution is -0.137. The minimum absolute atomic E-state index is 0.471. The van der Waals surface area contributed by atoms with Crippen LogP contribution in [0.25, 0.3) is 0 Å². The van der Waals surface area contributed by atoms with Crippen molar-refractivity contribution in [1.29, 1.82) is 0 Å². The molecule has 4 aliphatic rings. The second-order valence-corrected chi connectivity index (χ2v) is 14.8. The molecule has 0 aromatic carbocycles. The summed E-state index contributed by atoms with van der Waals surface area (Å²) in [6, 6.07) is 0. The predicted molar refractivity (Wildman–Crippen MR) is 150 cm³/mol. The van der Waals surface area contributed by atoms with Gasteiger partial charge in [0.15, 0.2) is 0 Å². The summed E-state index contributed by atoms with van der Waals surface area (Å²) in [5.41, 5.74) is 1.19. The SMILES string of the molecule is CC(C)CCC[C@@H](C)[C@H]1CC[C@H]2[C@@H]3CC[C@H]4C[C@@H](OCCOSI)CC[C@]4(C)[C@H]3CC[C@]12C. The summed E-state index contributed by atoms with van der Waals surface area (Å²) in [5, 5.41) is 0. The fourth-order valence-electron chi connectivity index (χ4n) is 9.67. The zero-order valence-electron chi connectivity index (χ0n) is 22.1. The van der Waals surface area contributed by atoms with Gasteiger partial charge in [0.05, 0.1) is 28.5 Å². The van der Waals surface area contributed by atoms with Gasteiger partial charge in [-0.3, -0.25) is 0 Å². The fourth-order valence-corrected chi connectivity index (χ4v) is 10.3. The van der Waals surface area contributed by atoms with E-state index in [1.807, 2.05) is 0 Å². The van der Waals surface area contributed by atoms with E-state index in [0.717, 1.165) is 48.0 Å². The Balaban J connectivity index is 1.36. The third-order valence-electron chi connectivity index (χ3n) is 11.4. The van der Waals surface area contributed by atoms with Crippen LogP contribution in [0.3, 0.4) is 0 Å². The number of rotatable bonds is 10. The Morgan fingerprint density at radius 2 is 1.64 bits per heavy atom. The molecule has 0 heterocycles. The highest BCUT2D eigenvalue weighted by Gasteiger charge is 2.60. The lowest BCUT2D eigenvalue weighted by Gasteiger charge is -2.61. The molecular weight excluding hydrogens is 539 g/mol. The van der Waals surface area contributed by atoms with Gasteiger partial charge in [0.25, 0.3) is 0 Å². The summed E-state index contributed by atoms with van der Waals surface area (Å²) >= 11 is 2.19. The minimum Gasteiger partial charge on any atom is -0.376 e. The average molecular weight is 591 g/mol. The maximum Gasteiger partial charge on any atom is 0.0857 e. The van der Waals surface area contributed by atoms with E-state index in [1.165, 1.54) is 86.3 Å². The molecule has 0 aromatic heterocycles. The van der Waals surface area contributed by atoms with Crippen LogP contribution in [0.5, 0.6) is 0 Å². The van der Waals surface area contributed by atoms with Crippen LogP contribution in [0.15, 0.2) is 0 Å². The maximum atomic E-state index is 6.25. The van der Waals surface area contributed by atoms with Crippen LogP contribution >= 0.6 is 30.4 Å². The quantitative estimate of drug-likeness (QED) is 0.143. The smallest absolute Gasteiger partial charge is 0.0857 e. The summed E-state index contributed by atoms with van der Waals surface area (Å²) in [6.45, 7) is 14.3. The highest BCUT2D eigenvalue weighted by molar-refractivity contribution is 14.2. The molecule has 0 amide bonds. The number of ether oxygens (including phenoxy) is 1. The Labute approximate surface area is 221 Å². The monoisotopic (exact) mass is 590 g/mol. The van der Waals surface area contributed by atoms with Gasteiger partial charge in [-0.1, -0.05) is 53.9 Å². The summed E-state index contributed by atoms with van der Waals surface area (Å²) in [6.07, 6.45) is 17.8. The molecule has 9 atom stereocenters. The van der Waals surface area contributed by atoms with Crippen molar-refractivity contribution in [2.45, 2.75) is 118 Å². The highest BCUT2D eigenvalue weighted by Crippen LogP contribution is 2.68. The van der Waals surface area contributed by atoms with Crippen LogP contribution in [0.4, 0.5) is 0 Å². The Kier molecular flexibility index (Phi) is 9.50. The van der Waals surface area contributed by atoms with Crippen LogP contribution < -0.4 is 0 Å². The standard InChI is InChI=1S/C29H51IO2S/c1-20(2)7-6-8-21(3)25-11-12-26-24-10-9-22-19-23(31-17-18-32-33-30)13-15-28(22,4)27(24)14-16-29(25,26)5/h20-27H,6-19H2,1-5H3/t21-,22+,23+,24+,25-,26+,27+,28+,29-/m1/s1. The molecule has 192 valence electrons. The van der Waals surface area contributed by atoms with Crippen molar-refractivity contribution in [3.8, 4) is 0 Å². The minimum atomic E-state index is 0.471. The molecule has 0 radical (unpaired) electrons. The number of fused-ring (bicyclic) bond motifs is 5. The summed E-state index contributed by atoms with van der Waals surface area (Å²) in [4.78, 5) is 0. The molecular formula is C29H51IO2S. The van der Waals surface area contributed by atoms with Crippen LogP contribution in [-0.4, -0.2) is 19.3 Å². The molecule has 4 fully saturated rings. The predicted octanol–water partition coefficient (Wildman–Crippen LogP) is 9.51. The maximum absolute atomic E-state index is 6.25. The van der Waals surface area contributed by atoms with Crippen molar-refractivity contribution in [2.24, 2.45) is 52.3 Å². The van der Waals surface area contributed by atoms with Crippen LogP contribution in [0.1, 0.15) is 112 Å². The van der Waals surface area contributed by atoms with Gasteiger partial charge in [0.2, 0.25) is 0 Å². The van der Waals surface area contributed by atoms with E-state index in [9.17, 15) is 0 Å². The number of halogens is 1. The Morgan fingerprint density at radius 1 is 0.879 bits per heavy atom. The largest absolute Gasteiger partial charge is 0.376 e. The third kappa shape index (κ3) is 5.64. The second kappa shape index (κ2) is 11.6. The molecule has 0 spiro atoms.